The van der Waals surface area contributed by atoms with Crippen LogP contribution in [0.3, 0.4) is 0 Å². The Morgan fingerprint density at radius 2 is 1.72 bits per heavy atom. The summed E-state index contributed by atoms with van der Waals surface area (Å²) in [6, 6.07) is 0. The Balaban J connectivity index is 2.06. The topological polar surface area (TPSA) is 64.6 Å². The molecule has 1 aromatic heterocycles. The van der Waals surface area contributed by atoms with Crippen molar-refractivity contribution >= 4 is 6.09 Å². The zero-order valence-electron chi connectivity index (χ0n) is 16.5. The first-order chi connectivity index (χ1) is 11.5. The third-order valence-corrected chi connectivity index (χ3v) is 4.50. The minimum Gasteiger partial charge on any atom is -0.389 e. The van der Waals surface area contributed by atoms with E-state index >= 15 is 0 Å². The molecule has 25 heavy (non-hydrogen) atoms. The fourth-order valence-corrected chi connectivity index (χ4v) is 3.70. The number of rotatable bonds is 3. The van der Waals surface area contributed by atoms with Gasteiger partial charge >= 0.3 is 6.09 Å². The summed E-state index contributed by atoms with van der Waals surface area (Å²) < 4.78 is 10.9. The van der Waals surface area contributed by atoms with Crippen molar-refractivity contribution in [3.63, 3.8) is 0 Å². The molecule has 0 N–H and O–H groups in total. The summed E-state index contributed by atoms with van der Waals surface area (Å²) in [5, 5.41) is 0. The number of aromatic nitrogens is 2. The van der Waals surface area contributed by atoms with Gasteiger partial charge in [-0.05, 0) is 60.8 Å². The highest BCUT2D eigenvalue weighted by Crippen LogP contribution is 2.34. The molecule has 0 radical (unpaired) electrons. The van der Waals surface area contributed by atoms with Gasteiger partial charge in [0.25, 0.3) is 0 Å². The molecule has 1 amide bonds. The highest BCUT2D eigenvalue weighted by molar-refractivity contribution is 5.71. The van der Waals surface area contributed by atoms with Gasteiger partial charge in [0.1, 0.15) is 0 Å². The quantitative estimate of drug-likeness (QED) is 0.820. The van der Waals surface area contributed by atoms with E-state index in [1.54, 1.807) is 18.2 Å². The fourth-order valence-electron chi connectivity index (χ4n) is 3.70. The smallest absolute Gasteiger partial charge is 0.389 e. The van der Waals surface area contributed by atoms with E-state index in [0.29, 0.717) is 12.0 Å². The average molecular weight is 349 g/mol. The lowest BCUT2D eigenvalue weighted by molar-refractivity contribution is 0.0458. The molecule has 1 heterocycles. The predicted octanol–water partition coefficient (Wildman–Crippen LogP) is 4.16. The zero-order chi connectivity index (χ0) is 18.8. The molecule has 0 aliphatic heterocycles. The molecule has 2 atom stereocenters. The van der Waals surface area contributed by atoms with E-state index in [0.717, 1.165) is 25.0 Å². The molecule has 1 fully saturated rings. The molecule has 1 saturated carbocycles. The number of nitrogens with zero attached hydrogens (tertiary/aromatic N) is 3. The van der Waals surface area contributed by atoms with E-state index < -0.39 is 6.09 Å². The van der Waals surface area contributed by atoms with Crippen molar-refractivity contribution in [1.29, 1.82) is 0 Å². The number of carbonyl (C=O) groups is 1. The minimum atomic E-state index is -0.414. The third-order valence-electron chi connectivity index (χ3n) is 4.50. The second-order valence-corrected chi connectivity index (χ2v) is 8.69. The standard InChI is InChI=1S/C19H31N3O3/c1-18(2,3)22(19(4,5)6)17(23)25-16-12-20-15(11-21-16)13-8-9-14(10-13)24-7/h11-14H,8-10H2,1-7H3. The van der Waals surface area contributed by atoms with Gasteiger partial charge in [-0.2, -0.15) is 0 Å². The van der Waals surface area contributed by atoms with E-state index in [2.05, 4.69) is 9.97 Å². The second kappa shape index (κ2) is 7.28. The van der Waals surface area contributed by atoms with Gasteiger partial charge in [-0.3, -0.25) is 9.88 Å². The lowest BCUT2D eigenvalue weighted by Gasteiger charge is -2.44. The lowest BCUT2D eigenvalue weighted by atomic mass is 9.97. The van der Waals surface area contributed by atoms with Gasteiger partial charge in [-0.15, -0.1) is 0 Å². The summed E-state index contributed by atoms with van der Waals surface area (Å²) in [5.74, 6) is 0.594. The average Bonchev–Trinajstić information content (AvgIpc) is 2.93. The first-order valence-electron chi connectivity index (χ1n) is 8.89. The Bertz CT molecular complexity index is 573. The molecule has 2 rings (SSSR count). The van der Waals surface area contributed by atoms with Crippen molar-refractivity contribution < 1.29 is 14.3 Å². The van der Waals surface area contributed by atoms with Crippen molar-refractivity contribution in [2.24, 2.45) is 0 Å². The summed E-state index contributed by atoms with van der Waals surface area (Å²) >= 11 is 0. The summed E-state index contributed by atoms with van der Waals surface area (Å²) in [5.41, 5.74) is 0.214. The van der Waals surface area contributed by atoms with E-state index in [1.807, 2.05) is 41.5 Å². The van der Waals surface area contributed by atoms with Crippen LogP contribution in [0.2, 0.25) is 0 Å². The van der Waals surface area contributed by atoms with Crippen LogP contribution < -0.4 is 4.74 Å². The summed E-state index contributed by atoms with van der Waals surface area (Å²) in [4.78, 5) is 23.1. The molecule has 1 aliphatic rings. The first kappa shape index (κ1) is 19.6. The van der Waals surface area contributed by atoms with Crippen molar-refractivity contribution in [1.82, 2.24) is 14.9 Å². The molecule has 6 heteroatoms. The largest absolute Gasteiger partial charge is 0.417 e. The molecule has 0 bridgehead atoms. The van der Waals surface area contributed by atoms with Crippen LogP contribution in [0.1, 0.15) is 72.4 Å². The number of amides is 1. The van der Waals surface area contributed by atoms with Crippen LogP contribution in [0, 0.1) is 0 Å². The number of ether oxygens (including phenoxy) is 2. The van der Waals surface area contributed by atoms with Gasteiger partial charge in [-0.25, -0.2) is 9.78 Å². The van der Waals surface area contributed by atoms with Gasteiger partial charge in [0.15, 0.2) is 0 Å². The van der Waals surface area contributed by atoms with Gasteiger partial charge < -0.3 is 9.47 Å². The van der Waals surface area contributed by atoms with Crippen LogP contribution in [0.25, 0.3) is 0 Å². The fraction of sp³-hybridized carbons (Fsp3) is 0.737. The monoisotopic (exact) mass is 349 g/mol. The zero-order valence-corrected chi connectivity index (χ0v) is 16.5. The first-order valence-corrected chi connectivity index (χ1v) is 8.89. The molecule has 0 saturated heterocycles. The van der Waals surface area contributed by atoms with Gasteiger partial charge in [0.2, 0.25) is 5.88 Å². The highest BCUT2D eigenvalue weighted by Gasteiger charge is 2.37. The molecule has 0 aromatic carbocycles. The maximum atomic E-state index is 12.6. The van der Waals surface area contributed by atoms with Crippen LogP contribution in [-0.2, 0) is 4.74 Å². The Kier molecular flexibility index (Phi) is 5.72. The lowest BCUT2D eigenvalue weighted by Crippen LogP contribution is -2.56. The van der Waals surface area contributed by atoms with Gasteiger partial charge in [0.05, 0.1) is 24.2 Å². The molecule has 2 unspecified atom stereocenters. The Hall–Kier alpha value is -1.69. The van der Waals surface area contributed by atoms with Crippen LogP contribution in [0.4, 0.5) is 4.79 Å². The van der Waals surface area contributed by atoms with Crippen molar-refractivity contribution in [3.8, 4) is 5.88 Å². The second-order valence-electron chi connectivity index (χ2n) is 8.69. The maximum absolute atomic E-state index is 12.6. The van der Waals surface area contributed by atoms with E-state index in [-0.39, 0.29) is 17.0 Å². The van der Waals surface area contributed by atoms with Crippen molar-refractivity contribution in [2.45, 2.75) is 83.9 Å². The molecular formula is C19H31N3O3. The number of hydrogen-bond acceptors (Lipinski definition) is 5. The van der Waals surface area contributed by atoms with Crippen molar-refractivity contribution in [3.05, 3.63) is 18.1 Å². The molecular weight excluding hydrogens is 318 g/mol. The summed E-state index contributed by atoms with van der Waals surface area (Å²) in [7, 11) is 1.75. The molecule has 1 aliphatic carbocycles. The Morgan fingerprint density at radius 1 is 1.08 bits per heavy atom. The molecule has 140 valence electrons. The summed E-state index contributed by atoms with van der Waals surface area (Å²) in [6.07, 6.45) is 6.20. The third kappa shape index (κ3) is 4.91. The molecule has 6 nitrogen and oxygen atoms in total. The number of methoxy groups -OCH3 is 1. The normalized spacial score (nSPS) is 21.2. The minimum absolute atomic E-state index is 0.230. The number of hydrogen-bond donors (Lipinski definition) is 0. The van der Waals surface area contributed by atoms with Crippen LogP contribution in [0.15, 0.2) is 12.4 Å². The van der Waals surface area contributed by atoms with Crippen LogP contribution in [0.5, 0.6) is 5.88 Å². The number of carbonyl (C=O) groups excluding carboxylic acids is 1. The summed E-state index contributed by atoms with van der Waals surface area (Å²) in [6.45, 7) is 11.9. The van der Waals surface area contributed by atoms with E-state index in [9.17, 15) is 4.79 Å². The van der Waals surface area contributed by atoms with Crippen LogP contribution in [-0.4, -0.2) is 45.3 Å². The van der Waals surface area contributed by atoms with Crippen molar-refractivity contribution in [2.75, 3.05) is 7.11 Å². The van der Waals surface area contributed by atoms with E-state index in [1.165, 1.54) is 6.20 Å². The SMILES string of the molecule is COC1CCC(c2cnc(OC(=O)N(C(C)(C)C)C(C)(C)C)cn2)C1. The van der Waals surface area contributed by atoms with E-state index in [4.69, 9.17) is 9.47 Å². The van der Waals surface area contributed by atoms with Gasteiger partial charge in [-0.1, -0.05) is 0 Å². The highest BCUT2D eigenvalue weighted by atomic mass is 16.6. The van der Waals surface area contributed by atoms with Gasteiger partial charge in [0, 0.05) is 24.1 Å². The maximum Gasteiger partial charge on any atom is 0.417 e. The predicted molar refractivity (Wildman–Crippen MR) is 96.8 cm³/mol. The van der Waals surface area contributed by atoms with Crippen LogP contribution >= 0.6 is 0 Å². The molecule has 1 aromatic rings. The Morgan fingerprint density at radius 3 is 2.16 bits per heavy atom. The molecule has 0 spiro atoms. The Labute approximate surface area is 150 Å².